The van der Waals surface area contributed by atoms with Crippen molar-refractivity contribution in [2.75, 3.05) is 6.54 Å². The van der Waals surface area contributed by atoms with Crippen LogP contribution in [0, 0.1) is 0 Å². The van der Waals surface area contributed by atoms with Gasteiger partial charge in [0, 0.05) is 11.0 Å². The van der Waals surface area contributed by atoms with Crippen molar-refractivity contribution >= 4 is 21.8 Å². The van der Waals surface area contributed by atoms with Gasteiger partial charge in [-0.05, 0) is 6.42 Å². The van der Waals surface area contributed by atoms with Gasteiger partial charge in [0.05, 0.1) is 6.04 Å². The van der Waals surface area contributed by atoms with Crippen LogP contribution in [0.25, 0.3) is 0 Å². The van der Waals surface area contributed by atoms with Gasteiger partial charge < -0.3 is 11.1 Å². The Morgan fingerprint density at radius 2 is 2.33 bits per heavy atom. The molecule has 4 heteroatoms. The maximum Gasteiger partial charge on any atom is 0.237 e. The predicted molar refractivity (Wildman–Crippen MR) is 54.0 cm³/mol. The van der Waals surface area contributed by atoms with Crippen LogP contribution in [0.4, 0.5) is 0 Å². The molecule has 0 aromatic heterocycles. The average Bonchev–Trinajstić information content (AvgIpc) is 2.00. The van der Waals surface area contributed by atoms with Gasteiger partial charge in [0.2, 0.25) is 5.91 Å². The monoisotopic (exact) mass is 234 g/mol. The van der Waals surface area contributed by atoms with Crippen molar-refractivity contribution in [2.45, 2.75) is 25.8 Å². The molecule has 3 nitrogen and oxygen atoms in total. The Kier molecular flexibility index (Phi) is 6.02. The third-order valence-electron chi connectivity index (χ3n) is 1.39. The Morgan fingerprint density at radius 3 is 2.75 bits per heavy atom. The quantitative estimate of drug-likeness (QED) is 0.750. The molecule has 0 unspecified atom stereocenters. The summed E-state index contributed by atoms with van der Waals surface area (Å²) in [5.41, 5.74) is 5.56. The van der Waals surface area contributed by atoms with Crippen LogP contribution >= 0.6 is 15.9 Å². The van der Waals surface area contributed by atoms with Crippen LogP contribution in [-0.4, -0.2) is 18.5 Å². The van der Waals surface area contributed by atoms with E-state index >= 15 is 0 Å². The zero-order valence-electron chi connectivity index (χ0n) is 7.27. The van der Waals surface area contributed by atoms with E-state index in [1.165, 1.54) is 0 Å². The van der Waals surface area contributed by atoms with Crippen molar-refractivity contribution in [1.82, 2.24) is 5.32 Å². The first-order chi connectivity index (χ1) is 5.57. The minimum atomic E-state index is -0.387. The van der Waals surface area contributed by atoms with Crippen LogP contribution in [0.5, 0.6) is 0 Å². The van der Waals surface area contributed by atoms with E-state index in [4.69, 9.17) is 5.73 Å². The predicted octanol–water partition coefficient (Wildman–Crippen LogP) is 1.14. The molecular formula is C8H15BrN2O. The fourth-order valence-electron chi connectivity index (χ4n) is 0.756. The lowest BCUT2D eigenvalue weighted by atomic mass is 10.2. The number of rotatable bonds is 5. The largest absolute Gasteiger partial charge is 0.350 e. The van der Waals surface area contributed by atoms with Crippen molar-refractivity contribution in [3.63, 3.8) is 0 Å². The highest BCUT2D eigenvalue weighted by molar-refractivity contribution is 9.11. The number of carbonyl (C=O) groups is 1. The molecule has 0 saturated heterocycles. The first kappa shape index (κ1) is 11.6. The number of nitrogens with two attached hydrogens (primary N) is 1. The highest BCUT2D eigenvalue weighted by Crippen LogP contribution is 1.98. The molecule has 0 rings (SSSR count). The van der Waals surface area contributed by atoms with Crippen molar-refractivity contribution in [3.05, 3.63) is 11.1 Å². The van der Waals surface area contributed by atoms with Crippen LogP contribution in [0.3, 0.4) is 0 Å². The molecule has 1 atom stereocenters. The molecule has 0 aliphatic rings. The van der Waals surface area contributed by atoms with Gasteiger partial charge in [-0.15, -0.1) is 0 Å². The fraction of sp³-hybridized carbons (Fsp3) is 0.625. The molecule has 0 fully saturated rings. The Bertz CT molecular complexity index is 170. The molecule has 0 radical (unpaired) electrons. The molecule has 0 aromatic carbocycles. The van der Waals surface area contributed by atoms with Gasteiger partial charge in [-0.2, -0.15) is 0 Å². The average molecular weight is 235 g/mol. The molecule has 0 aliphatic heterocycles. The summed E-state index contributed by atoms with van der Waals surface area (Å²) in [4.78, 5) is 11.1. The van der Waals surface area contributed by atoms with Crippen LogP contribution < -0.4 is 11.1 Å². The Morgan fingerprint density at radius 1 is 1.75 bits per heavy atom. The highest BCUT2D eigenvalue weighted by atomic mass is 79.9. The lowest BCUT2D eigenvalue weighted by Crippen LogP contribution is -2.40. The lowest BCUT2D eigenvalue weighted by Gasteiger charge is -2.09. The van der Waals surface area contributed by atoms with E-state index < -0.39 is 0 Å². The maximum absolute atomic E-state index is 11.1. The Hall–Kier alpha value is -0.350. The number of carbonyl (C=O) groups excluding carboxylic acids is 1. The van der Waals surface area contributed by atoms with E-state index in [0.717, 1.165) is 17.3 Å². The van der Waals surface area contributed by atoms with E-state index in [1.54, 1.807) is 0 Å². The SMILES string of the molecule is C=C(Br)CNC(=O)[C@H](N)CCC. The topological polar surface area (TPSA) is 55.1 Å². The van der Waals surface area contributed by atoms with E-state index in [0.29, 0.717) is 6.54 Å². The van der Waals surface area contributed by atoms with Gasteiger partial charge >= 0.3 is 0 Å². The molecule has 0 saturated carbocycles. The minimum absolute atomic E-state index is 0.113. The second-order valence-corrected chi connectivity index (χ2v) is 3.75. The molecule has 0 heterocycles. The van der Waals surface area contributed by atoms with Crippen molar-refractivity contribution < 1.29 is 4.79 Å². The molecule has 0 bridgehead atoms. The van der Waals surface area contributed by atoms with E-state index in [2.05, 4.69) is 27.8 Å². The first-order valence-electron chi connectivity index (χ1n) is 3.94. The van der Waals surface area contributed by atoms with Gasteiger partial charge in [-0.1, -0.05) is 35.9 Å². The summed E-state index contributed by atoms with van der Waals surface area (Å²) >= 11 is 3.14. The molecular weight excluding hydrogens is 220 g/mol. The molecule has 3 N–H and O–H groups in total. The summed E-state index contributed by atoms with van der Waals surface area (Å²) in [5, 5.41) is 2.66. The summed E-state index contributed by atoms with van der Waals surface area (Å²) in [6, 6.07) is -0.387. The zero-order chi connectivity index (χ0) is 9.56. The molecule has 0 spiro atoms. The van der Waals surface area contributed by atoms with Crippen LogP contribution in [-0.2, 0) is 4.79 Å². The maximum atomic E-state index is 11.1. The summed E-state index contributed by atoms with van der Waals surface area (Å²) in [7, 11) is 0. The van der Waals surface area contributed by atoms with Gasteiger partial charge in [-0.3, -0.25) is 4.79 Å². The molecule has 0 aliphatic carbocycles. The van der Waals surface area contributed by atoms with Crippen molar-refractivity contribution in [3.8, 4) is 0 Å². The molecule has 12 heavy (non-hydrogen) atoms. The second-order valence-electron chi connectivity index (χ2n) is 2.63. The molecule has 70 valence electrons. The van der Waals surface area contributed by atoms with Crippen LogP contribution in [0.1, 0.15) is 19.8 Å². The normalized spacial score (nSPS) is 12.2. The number of nitrogens with one attached hydrogen (secondary N) is 1. The molecule has 0 aromatic rings. The van der Waals surface area contributed by atoms with Gasteiger partial charge in [-0.25, -0.2) is 0 Å². The number of amides is 1. The van der Waals surface area contributed by atoms with E-state index in [-0.39, 0.29) is 11.9 Å². The Balaban J connectivity index is 3.64. The van der Waals surface area contributed by atoms with Gasteiger partial charge in [0.1, 0.15) is 0 Å². The van der Waals surface area contributed by atoms with Crippen molar-refractivity contribution in [2.24, 2.45) is 5.73 Å². The first-order valence-corrected chi connectivity index (χ1v) is 4.73. The van der Waals surface area contributed by atoms with Crippen molar-refractivity contribution in [1.29, 1.82) is 0 Å². The van der Waals surface area contributed by atoms with E-state index in [9.17, 15) is 4.79 Å². The summed E-state index contributed by atoms with van der Waals surface area (Å²) in [6.45, 7) is 6.03. The third-order valence-corrected chi connectivity index (χ3v) is 1.67. The molecule has 1 amide bonds. The zero-order valence-corrected chi connectivity index (χ0v) is 8.86. The summed E-state index contributed by atoms with van der Waals surface area (Å²) in [5.74, 6) is -0.113. The number of hydrogen-bond donors (Lipinski definition) is 2. The smallest absolute Gasteiger partial charge is 0.237 e. The van der Waals surface area contributed by atoms with Gasteiger partial charge in [0.25, 0.3) is 0 Å². The van der Waals surface area contributed by atoms with Crippen LogP contribution in [0.2, 0.25) is 0 Å². The second kappa shape index (κ2) is 6.20. The lowest BCUT2D eigenvalue weighted by molar-refractivity contribution is -0.122. The summed E-state index contributed by atoms with van der Waals surface area (Å²) < 4.78 is 0.750. The van der Waals surface area contributed by atoms with Crippen LogP contribution in [0.15, 0.2) is 11.1 Å². The highest BCUT2D eigenvalue weighted by Gasteiger charge is 2.10. The standard InChI is InChI=1S/C8H15BrN2O/c1-3-4-7(10)8(12)11-5-6(2)9/h7H,2-5,10H2,1H3,(H,11,12)/t7-/m1/s1. The number of hydrogen-bond acceptors (Lipinski definition) is 2. The summed E-state index contributed by atoms with van der Waals surface area (Å²) in [6.07, 6.45) is 1.64. The fourth-order valence-corrected chi connectivity index (χ4v) is 0.896. The number of halogens is 1. The van der Waals surface area contributed by atoms with E-state index in [1.807, 2.05) is 6.92 Å². The Labute approximate surface area is 81.5 Å². The van der Waals surface area contributed by atoms with Gasteiger partial charge in [0.15, 0.2) is 0 Å². The third kappa shape index (κ3) is 5.32. The minimum Gasteiger partial charge on any atom is -0.350 e.